The first-order valence-corrected chi connectivity index (χ1v) is 12.2. The molecule has 0 bridgehead atoms. The van der Waals surface area contributed by atoms with Crippen molar-refractivity contribution in [2.75, 3.05) is 11.8 Å². The standard InChI is InChI=1S/C24H18BrN3O5S/c1-33-22-9-5-4-8-19(22)24(30)27-26-21-14-20(17-6-2-3-7-18(17)23(21)29)28-34(31,32)16-12-10-15(25)11-13-16/h2-14,28-29H,1H3. The third-order valence-corrected chi connectivity index (χ3v) is 6.86. The normalized spacial score (nSPS) is 11.6. The maximum absolute atomic E-state index is 13.0. The summed E-state index contributed by atoms with van der Waals surface area (Å²) in [5, 5.41) is 19.2. The van der Waals surface area contributed by atoms with Crippen LogP contribution in [0.2, 0.25) is 0 Å². The lowest BCUT2D eigenvalue weighted by Gasteiger charge is -2.13. The maximum atomic E-state index is 13.0. The highest BCUT2D eigenvalue weighted by Crippen LogP contribution is 2.40. The SMILES string of the molecule is COc1ccccc1C(=O)N=Nc1cc(NS(=O)(=O)c2ccc(Br)cc2)c2ccccc2c1O. The summed E-state index contributed by atoms with van der Waals surface area (Å²) >= 11 is 3.28. The van der Waals surface area contributed by atoms with Gasteiger partial charge >= 0.3 is 0 Å². The Balaban J connectivity index is 1.76. The molecule has 4 rings (SSSR count). The number of azo groups is 1. The molecule has 0 heterocycles. The number of aromatic hydroxyl groups is 1. The molecule has 0 aromatic heterocycles. The van der Waals surface area contributed by atoms with Gasteiger partial charge in [0.2, 0.25) is 0 Å². The number of phenols is 1. The molecule has 10 heteroatoms. The number of nitrogens with one attached hydrogen (secondary N) is 1. The minimum atomic E-state index is -3.94. The van der Waals surface area contributed by atoms with Gasteiger partial charge in [-0.2, -0.15) is 0 Å². The summed E-state index contributed by atoms with van der Waals surface area (Å²) in [5.74, 6) is -0.585. The molecule has 0 aliphatic rings. The molecular formula is C24H18BrN3O5S. The van der Waals surface area contributed by atoms with E-state index in [9.17, 15) is 18.3 Å². The van der Waals surface area contributed by atoms with Crippen molar-refractivity contribution in [3.05, 3.63) is 88.9 Å². The topological polar surface area (TPSA) is 117 Å². The van der Waals surface area contributed by atoms with Crippen LogP contribution in [0.25, 0.3) is 10.8 Å². The van der Waals surface area contributed by atoms with Crippen LogP contribution in [0.5, 0.6) is 11.5 Å². The molecule has 4 aromatic carbocycles. The van der Waals surface area contributed by atoms with Gasteiger partial charge in [0.15, 0.2) is 5.75 Å². The van der Waals surface area contributed by atoms with Crippen LogP contribution in [0.15, 0.2) is 98.5 Å². The van der Waals surface area contributed by atoms with Crippen molar-refractivity contribution in [3.63, 3.8) is 0 Å². The van der Waals surface area contributed by atoms with E-state index in [-0.39, 0.29) is 27.6 Å². The average Bonchev–Trinajstić information content (AvgIpc) is 2.85. The predicted molar refractivity (Wildman–Crippen MR) is 132 cm³/mol. The molecular weight excluding hydrogens is 522 g/mol. The molecule has 0 unspecified atom stereocenters. The van der Waals surface area contributed by atoms with Crippen molar-refractivity contribution >= 4 is 54.0 Å². The van der Waals surface area contributed by atoms with E-state index >= 15 is 0 Å². The fourth-order valence-corrected chi connectivity index (χ4v) is 4.63. The number of hydrogen-bond acceptors (Lipinski definition) is 6. The molecule has 0 aliphatic carbocycles. The smallest absolute Gasteiger partial charge is 0.299 e. The largest absolute Gasteiger partial charge is 0.505 e. The summed E-state index contributed by atoms with van der Waals surface area (Å²) in [5.41, 5.74) is 0.302. The van der Waals surface area contributed by atoms with E-state index in [4.69, 9.17) is 4.74 Å². The van der Waals surface area contributed by atoms with Crippen molar-refractivity contribution in [1.29, 1.82) is 0 Å². The number of carbonyl (C=O) groups is 1. The van der Waals surface area contributed by atoms with Gasteiger partial charge in [-0.25, -0.2) is 8.42 Å². The molecule has 8 nitrogen and oxygen atoms in total. The molecule has 0 aliphatic heterocycles. The summed E-state index contributed by atoms with van der Waals surface area (Å²) < 4.78 is 34.4. The fourth-order valence-electron chi connectivity index (χ4n) is 3.30. The number of methoxy groups -OCH3 is 1. The van der Waals surface area contributed by atoms with Crippen LogP contribution in [0.4, 0.5) is 11.4 Å². The van der Waals surface area contributed by atoms with E-state index in [1.165, 1.54) is 31.4 Å². The zero-order valence-corrected chi connectivity index (χ0v) is 20.2. The monoisotopic (exact) mass is 539 g/mol. The number of ether oxygens (including phenoxy) is 1. The molecule has 172 valence electrons. The first kappa shape index (κ1) is 23.4. The highest BCUT2D eigenvalue weighted by molar-refractivity contribution is 9.10. The van der Waals surface area contributed by atoms with Crippen molar-refractivity contribution in [2.24, 2.45) is 10.2 Å². The second kappa shape index (κ2) is 9.62. The van der Waals surface area contributed by atoms with E-state index in [1.807, 2.05) is 0 Å². The predicted octanol–water partition coefficient (Wildman–Crippen LogP) is 6.04. The van der Waals surface area contributed by atoms with Gasteiger partial charge in [0.05, 0.1) is 23.3 Å². The van der Waals surface area contributed by atoms with Crippen molar-refractivity contribution in [2.45, 2.75) is 4.90 Å². The van der Waals surface area contributed by atoms with E-state index in [0.717, 1.165) is 4.47 Å². The number of para-hydroxylation sites is 1. The van der Waals surface area contributed by atoms with E-state index in [1.54, 1.807) is 54.6 Å². The van der Waals surface area contributed by atoms with Crippen LogP contribution in [0.1, 0.15) is 10.4 Å². The van der Waals surface area contributed by atoms with Crippen LogP contribution in [-0.4, -0.2) is 26.5 Å². The lowest BCUT2D eigenvalue weighted by atomic mass is 10.1. The Kier molecular flexibility index (Phi) is 6.62. The fraction of sp³-hybridized carbons (Fsp3) is 0.0417. The lowest BCUT2D eigenvalue weighted by Crippen LogP contribution is -2.13. The molecule has 0 saturated carbocycles. The molecule has 0 atom stereocenters. The zero-order valence-electron chi connectivity index (χ0n) is 17.8. The zero-order chi connectivity index (χ0) is 24.3. The second-order valence-electron chi connectivity index (χ2n) is 7.10. The Morgan fingerprint density at radius 2 is 1.62 bits per heavy atom. The van der Waals surface area contributed by atoms with E-state index in [0.29, 0.717) is 16.5 Å². The highest BCUT2D eigenvalue weighted by Gasteiger charge is 2.19. The van der Waals surface area contributed by atoms with Gasteiger partial charge in [-0.05, 0) is 42.5 Å². The van der Waals surface area contributed by atoms with Gasteiger partial charge in [-0.3, -0.25) is 9.52 Å². The van der Waals surface area contributed by atoms with E-state index < -0.39 is 15.9 Å². The number of sulfonamides is 1. The second-order valence-corrected chi connectivity index (χ2v) is 9.70. The number of hydrogen-bond donors (Lipinski definition) is 2. The van der Waals surface area contributed by atoms with Gasteiger partial charge in [0, 0.05) is 15.2 Å². The molecule has 1 amide bonds. The van der Waals surface area contributed by atoms with Gasteiger partial charge in [-0.15, -0.1) is 10.2 Å². The number of carbonyl (C=O) groups excluding carboxylic acids is 1. The van der Waals surface area contributed by atoms with Crippen LogP contribution in [0.3, 0.4) is 0 Å². The van der Waals surface area contributed by atoms with Crippen LogP contribution in [-0.2, 0) is 10.0 Å². The Bertz CT molecular complexity index is 1520. The Hall–Kier alpha value is -3.76. The summed E-state index contributed by atoms with van der Waals surface area (Å²) in [6, 6.07) is 20.7. The maximum Gasteiger partial charge on any atom is 0.299 e. The van der Waals surface area contributed by atoms with Gasteiger partial charge in [-0.1, -0.05) is 52.3 Å². The number of fused-ring (bicyclic) bond motifs is 1. The number of nitrogens with zero attached hydrogens (tertiary/aromatic N) is 2. The van der Waals surface area contributed by atoms with Crippen molar-refractivity contribution < 1.29 is 23.1 Å². The Labute approximate surface area is 204 Å². The van der Waals surface area contributed by atoms with Crippen LogP contribution in [0, 0.1) is 0 Å². The van der Waals surface area contributed by atoms with Gasteiger partial charge < -0.3 is 9.84 Å². The third kappa shape index (κ3) is 4.78. The van der Waals surface area contributed by atoms with Gasteiger partial charge in [0.1, 0.15) is 11.4 Å². The van der Waals surface area contributed by atoms with Crippen molar-refractivity contribution in [1.82, 2.24) is 0 Å². The summed E-state index contributed by atoms with van der Waals surface area (Å²) in [4.78, 5) is 12.6. The molecule has 34 heavy (non-hydrogen) atoms. The minimum absolute atomic E-state index is 0.0578. The van der Waals surface area contributed by atoms with Crippen molar-refractivity contribution in [3.8, 4) is 11.5 Å². The van der Waals surface area contributed by atoms with Crippen LogP contribution < -0.4 is 9.46 Å². The summed E-state index contributed by atoms with van der Waals surface area (Å²) in [6.07, 6.45) is 0. The number of benzene rings is 4. The summed E-state index contributed by atoms with van der Waals surface area (Å²) in [7, 11) is -2.51. The average molecular weight is 540 g/mol. The quantitative estimate of drug-likeness (QED) is 0.228. The third-order valence-electron chi connectivity index (χ3n) is 4.95. The molecule has 0 spiro atoms. The number of rotatable bonds is 6. The Morgan fingerprint density at radius 3 is 2.32 bits per heavy atom. The lowest BCUT2D eigenvalue weighted by molar-refractivity contribution is 0.0992. The first-order chi connectivity index (χ1) is 16.3. The Morgan fingerprint density at radius 1 is 0.971 bits per heavy atom. The molecule has 0 fully saturated rings. The highest BCUT2D eigenvalue weighted by atomic mass is 79.9. The van der Waals surface area contributed by atoms with Crippen LogP contribution >= 0.6 is 15.9 Å². The summed E-state index contributed by atoms with van der Waals surface area (Å²) in [6.45, 7) is 0. The number of amides is 1. The number of anilines is 1. The molecule has 0 saturated heterocycles. The first-order valence-electron chi connectivity index (χ1n) is 9.92. The molecule has 4 aromatic rings. The number of phenolic OH excluding ortho intramolecular Hbond substituents is 1. The number of halogens is 1. The van der Waals surface area contributed by atoms with Gasteiger partial charge in [0.25, 0.3) is 15.9 Å². The molecule has 2 N–H and O–H groups in total. The van der Waals surface area contributed by atoms with E-state index in [2.05, 4.69) is 30.9 Å². The minimum Gasteiger partial charge on any atom is -0.505 e. The molecule has 0 radical (unpaired) electrons.